The number of nitrogens with one attached hydrogen (secondary N) is 1. The summed E-state index contributed by atoms with van der Waals surface area (Å²) < 4.78 is 27.2. The Hall–Kier alpha value is -0.910. The molecule has 1 aliphatic carbocycles. The molecular formula is C15H23NO3S. The first-order valence-electron chi connectivity index (χ1n) is 7.12. The minimum absolute atomic E-state index is 0.149. The normalized spacial score (nSPS) is 23.1. The van der Waals surface area contributed by atoms with Crippen LogP contribution in [0.25, 0.3) is 0 Å². The van der Waals surface area contributed by atoms with Crippen molar-refractivity contribution in [1.82, 2.24) is 4.72 Å². The molecule has 1 aromatic carbocycles. The third-order valence-electron chi connectivity index (χ3n) is 4.38. The van der Waals surface area contributed by atoms with E-state index in [0.29, 0.717) is 11.4 Å². The molecule has 1 fully saturated rings. The van der Waals surface area contributed by atoms with Gasteiger partial charge < -0.3 is 5.11 Å². The second-order valence-corrected chi connectivity index (χ2v) is 7.50. The van der Waals surface area contributed by atoms with Crippen molar-refractivity contribution in [3.8, 4) is 0 Å². The van der Waals surface area contributed by atoms with Gasteiger partial charge in [-0.2, -0.15) is 0 Å². The van der Waals surface area contributed by atoms with E-state index in [2.05, 4.69) is 4.72 Å². The maximum Gasteiger partial charge on any atom is 0.240 e. The summed E-state index contributed by atoms with van der Waals surface area (Å²) in [5.74, 6) is 0.485. The molecule has 1 aliphatic rings. The van der Waals surface area contributed by atoms with Gasteiger partial charge in [-0.3, -0.25) is 0 Å². The molecule has 0 heterocycles. The number of rotatable bonds is 5. The Labute approximate surface area is 121 Å². The Balaban J connectivity index is 2.05. The van der Waals surface area contributed by atoms with Crippen molar-refractivity contribution < 1.29 is 13.5 Å². The molecule has 20 heavy (non-hydrogen) atoms. The van der Waals surface area contributed by atoms with Crippen molar-refractivity contribution in [1.29, 1.82) is 0 Å². The first-order valence-corrected chi connectivity index (χ1v) is 8.60. The van der Waals surface area contributed by atoms with Crippen LogP contribution in [0.4, 0.5) is 0 Å². The third kappa shape index (κ3) is 3.40. The molecule has 0 aliphatic heterocycles. The summed E-state index contributed by atoms with van der Waals surface area (Å²) in [4.78, 5) is 0.319. The lowest BCUT2D eigenvalue weighted by atomic mass is 9.97. The fourth-order valence-corrected chi connectivity index (χ4v) is 3.98. The average Bonchev–Trinajstić information content (AvgIpc) is 2.87. The summed E-state index contributed by atoms with van der Waals surface area (Å²) >= 11 is 0. The maximum atomic E-state index is 12.3. The average molecular weight is 297 g/mol. The van der Waals surface area contributed by atoms with E-state index in [9.17, 15) is 13.5 Å². The largest absolute Gasteiger partial charge is 0.396 e. The standard InChI is InChI=1S/C15H23NO3S/c1-11-6-7-15(8-12(11)2)20(18,19)16-9-13-4-3-5-14(13)10-17/h6-8,13-14,16-17H,3-5,9-10H2,1-2H3. The Kier molecular flexibility index (Phi) is 4.83. The van der Waals surface area contributed by atoms with Crippen LogP contribution in [0.5, 0.6) is 0 Å². The van der Waals surface area contributed by atoms with Crippen LogP contribution in [0.1, 0.15) is 30.4 Å². The monoisotopic (exact) mass is 297 g/mol. The van der Waals surface area contributed by atoms with E-state index in [-0.39, 0.29) is 18.4 Å². The van der Waals surface area contributed by atoms with E-state index in [1.165, 1.54) is 0 Å². The fraction of sp³-hybridized carbons (Fsp3) is 0.600. The molecule has 112 valence electrons. The zero-order chi connectivity index (χ0) is 14.8. The van der Waals surface area contributed by atoms with E-state index in [0.717, 1.165) is 30.4 Å². The van der Waals surface area contributed by atoms with Gasteiger partial charge in [-0.25, -0.2) is 13.1 Å². The molecule has 0 aromatic heterocycles. The summed E-state index contributed by atoms with van der Waals surface area (Å²) in [6, 6.07) is 5.18. The number of hydrogen-bond acceptors (Lipinski definition) is 3. The Bertz CT molecular complexity index is 568. The van der Waals surface area contributed by atoms with Gasteiger partial charge in [0.2, 0.25) is 10.0 Å². The predicted molar refractivity (Wildman–Crippen MR) is 79.0 cm³/mol. The van der Waals surface area contributed by atoms with Gasteiger partial charge in [-0.05, 0) is 61.8 Å². The molecule has 2 N–H and O–H groups in total. The summed E-state index contributed by atoms with van der Waals surface area (Å²) in [5.41, 5.74) is 2.06. The van der Waals surface area contributed by atoms with E-state index in [1.54, 1.807) is 12.1 Å². The topological polar surface area (TPSA) is 66.4 Å². The zero-order valence-corrected chi connectivity index (χ0v) is 12.9. The van der Waals surface area contributed by atoms with Crippen LogP contribution >= 0.6 is 0 Å². The third-order valence-corrected chi connectivity index (χ3v) is 5.80. The molecule has 5 heteroatoms. The van der Waals surface area contributed by atoms with Gasteiger partial charge in [0.1, 0.15) is 0 Å². The number of aliphatic hydroxyl groups excluding tert-OH is 1. The number of aliphatic hydroxyl groups is 1. The van der Waals surface area contributed by atoms with Gasteiger partial charge >= 0.3 is 0 Å². The summed E-state index contributed by atoms with van der Waals surface area (Å²) in [7, 11) is -3.45. The van der Waals surface area contributed by atoms with Gasteiger partial charge in [-0.15, -0.1) is 0 Å². The summed E-state index contributed by atoms with van der Waals surface area (Å²) in [6.07, 6.45) is 3.05. The molecule has 0 spiro atoms. The van der Waals surface area contributed by atoms with Crippen molar-refractivity contribution in [3.63, 3.8) is 0 Å². The molecular weight excluding hydrogens is 274 g/mol. The molecule has 0 bridgehead atoms. The minimum atomic E-state index is -3.45. The first kappa shape index (κ1) is 15.5. The van der Waals surface area contributed by atoms with Crippen molar-refractivity contribution in [2.75, 3.05) is 13.2 Å². The van der Waals surface area contributed by atoms with Crippen molar-refractivity contribution in [2.45, 2.75) is 38.0 Å². The second-order valence-electron chi connectivity index (χ2n) is 5.73. The molecule has 4 nitrogen and oxygen atoms in total. The van der Waals surface area contributed by atoms with Crippen LogP contribution < -0.4 is 4.72 Å². The lowest BCUT2D eigenvalue weighted by molar-refractivity contribution is 0.195. The molecule has 0 amide bonds. The number of sulfonamides is 1. The van der Waals surface area contributed by atoms with Gasteiger partial charge in [0.05, 0.1) is 4.90 Å². The van der Waals surface area contributed by atoms with Gasteiger partial charge in [0.25, 0.3) is 0 Å². The Morgan fingerprint density at radius 2 is 1.90 bits per heavy atom. The lowest BCUT2D eigenvalue weighted by Gasteiger charge is -2.18. The highest BCUT2D eigenvalue weighted by molar-refractivity contribution is 7.89. The van der Waals surface area contributed by atoms with Crippen LogP contribution in [0, 0.1) is 25.7 Å². The SMILES string of the molecule is Cc1ccc(S(=O)(=O)NCC2CCCC2CO)cc1C. The van der Waals surface area contributed by atoms with Crippen LogP contribution in [-0.4, -0.2) is 26.7 Å². The molecule has 0 saturated heterocycles. The molecule has 2 atom stereocenters. The number of aryl methyl sites for hydroxylation is 2. The molecule has 1 aromatic rings. The fourth-order valence-electron chi connectivity index (χ4n) is 2.80. The highest BCUT2D eigenvalue weighted by Crippen LogP contribution is 2.31. The molecule has 2 rings (SSSR count). The van der Waals surface area contributed by atoms with E-state index < -0.39 is 10.0 Å². The minimum Gasteiger partial charge on any atom is -0.396 e. The Morgan fingerprint density at radius 3 is 2.55 bits per heavy atom. The first-order chi connectivity index (χ1) is 9.44. The Morgan fingerprint density at radius 1 is 1.20 bits per heavy atom. The maximum absolute atomic E-state index is 12.3. The van der Waals surface area contributed by atoms with E-state index in [4.69, 9.17) is 0 Å². The van der Waals surface area contributed by atoms with E-state index in [1.807, 2.05) is 19.9 Å². The van der Waals surface area contributed by atoms with Crippen LogP contribution in [0.2, 0.25) is 0 Å². The molecule has 1 saturated carbocycles. The van der Waals surface area contributed by atoms with Crippen molar-refractivity contribution in [2.24, 2.45) is 11.8 Å². The van der Waals surface area contributed by atoms with E-state index >= 15 is 0 Å². The van der Waals surface area contributed by atoms with Crippen molar-refractivity contribution >= 4 is 10.0 Å². The predicted octanol–water partition coefficient (Wildman–Crippen LogP) is 1.99. The van der Waals surface area contributed by atoms with Crippen LogP contribution in [-0.2, 0) is 10.0 Å². The van der Waals surface area contributed by atoms with Gasteiger partial charge in [-0.1, -0.05) is 12.5 Å². The van der Waals surface area contributed by atoms with Gasteiger partial charge in [0.15, 0.2) is 0 Å². The van der Waals surface area contributed by atoms with Gasteiger partial charge in [0, 0.05) is 13.2 Å². The smallest absolute Gasteiger partial charge is 0.240 e. The lowest BCUT2D eigenvalue weighted by Crippen LogP contribution is -2.31. The molecule has 0 radical (unpaired) electrons. The molecule has 2 unspecified atom stereocenters. The highest BCUT2D eigenvalue weighted by Gasteiger charge is 2.28. The van der Waals surface area contributed by atoms with Crippen molar-refractivity contribution in [3.05, 3.63) is 29.3 Å². The van der Waals surface area contributed by atoms with Crippen LogP contribution in [0.15, 0.2) is 23.1 Å². The number of benzene rings is 1. The quantitative estimate of drug-likeness (QED) is 0.873. The highest BCUT2D eigenvalue weighted by atomic mass is 32.2. The van der Waals surface area contributed by atoms with Crippen LogP contribution in [0.3, 0.4) is 0 Å². The number of hydrogen-bond donors (Lipinski definition) is 2. The second kappa shape index (κ2) is 6.24. The summed E-state index contributed by atoms with van der Waals surface area (Å²) in [6.45, 7) is 4.44. The summed E-state index contributed by atoms with van der Waals surface area (Å²) in [5, 5.41) is 9.27. The zero-order valence-electron chi connectivity index (χ0n) is 12.1.